The first-order valence-corrected chi connectivity index (χ1v) is 4.45. The third kappa shape index (κ3) is 11.1. The van der Waals surface area contributed by atoms with Gasteiger partial charge in [0.15, 0.2) is 0 Å². The van der Waals surface area contributed by atoms with Crippen LogP contribution >= 0.6 is 0 Å². The van der Waals surface area contributed by atoms with Crippen molar-refractivity contribution in [3.63, 3.8) is 0 Å². The van der Waals surface area contributed by atoms with E-state index >= 15 is 0 Å². The Hall–Kier alpha value is -0.870. The van der Waals surface area contributed by atoms with Crippen LogP contribution in [-0.4, -0.2) is 32.2 Å². The van der Waals surface area contributed by atoms with E-state index in [4.69, 9.17) is 10.5 Å². The van der Waals surface area contributed by atoms with E-state index in [0.717, 1.165) is 25.9 Å². The molecule has 0 aliphatic carbocycles. The molecule has 0 spiro atoms. The third-order valence-electron chi connectivity index (χ3n) is 1.43. The molecule has 0 aromatic carbocycles. The fraction of sp³-hybridized carbons (Fsp3) is 0.667. The molecule has 0 aliphatic heterocycles. The number of nitrogens with two attached hydrogens (primary N) is 1. The van der Waals surface area contributed by atoms with E-state index < -0.39 is 5.91 Å². The Morgan fingerprint density at radius 3 is 2.92 bits per heavy atom. The summed E-state index contributed by atoms with van der Waals surface area (Å²) in [6.45, 7) is 5.86. The molecule has 3 N–H and O–H groups in total. The van der Waals surface area contributed by atoms with Gasteiger partial charge >= 0.3 is 0 Å². The van der Waals surface area contributed by atoms with E-state index in [-0.39, 0.29) is 6.61 Å². The minimum atomic E-state index is -0.424. The molecule has 0 aromatic heterocycles. The molecule has 4 heteroatoms. The van der Waals surface area contributed by atoms with Gasteiger partial charge in [-0.1, -0.05) is 6.08 Å². The molecule has 0 heterocycles. The maximum Gasteiger partial charge on any atom is 0.243 e. The first-order chi connectivity index (χ1) is 6.27. The van der Waals surface area contributed by atoms with Crippen LogP contribution in [0.15, 0.2) is 12.7 Å². The summed E-state index contributed by atoms with van der Waals surface area (Å²) in [5, 5.41) is 3.17. The van der Waals surface area contributed by atoms with E-state index in [9.17, 15) is 4.79 Å². The first kappa shape index (κ1) is 12.1. The summed E-state index contributed by atoms with van der Waals surface area (Å²) in [4.78, 5) is 10.2. The smallest absolute Gasteiger partial charge is 0.243 e. The number of hydrogen-bond donors (Lipinski definition) is 2. The second-order valence-corrected chi connectivity index (χ2v) is 2.70. The average Bonchev–Trinajstić information content (AvgIpc) is 2.09. The second-order valence-electron chi connectivity index (χ2n) is 2.70. The van der Waals surface area contributed by atoms with Crippen molar-refractivity contribution in [2.75, 3.05) is 26.3 Å². The SMILES string of the molecule is C=CCCCNCCOCC(N)=O. The number of rotatable bonds is 9. The number of amides is 1. The van der Waals surface area contributed by atoms with Crippen molar-refractivity contribution in [2.24, 2.45) is 5.73 Å². The van der Waals surface area contributed by atoms with Crippen LogP contribution in [0.5, 0.6) is 0 Å². The van der Waals surface area contributed by atoms with Crippen LogP contribution in [0, 0.1) is 0 Å². The van der Waals surface area contributed by atoms with Gasteiger partial charge < -0.3 is 15.8 Å². The largest absolute Gasteiger partial charge is 0.370 e. The molecule has 4 nitrogen and oxygen atoms in total. The summed E-state index contributed by atoms with van der Waals surface area (Å²) in [5.41, 5.74) is 4.88. The number of hydrogen-bond acceptors (Lipinski definition) is 3. The standard InChI is InChI=1S/C9H18N2O2/c1-2-3-4-5-11-6-7-13-8-9(10)12/h2,11H,1,3-8H2,(H2,10,12). The van der Waals surface area contributed by atoms with Crippen LogP contribution < -0.4 is 11.1 Å². The normalized spacial score (nSPS) is 9.85. The van der Waals surface area contributed by atoms with Crippen molar-refractivity contribution >= 4 is 5.91 Å². The maximum absolute atomic E-state index is 10.2. The average molecular weight is 186 g/mol. The van der Waals surface area contributed by atoms with Crippen LogP contribution in [0.25, 0.3) is 0 Å². The van der Waals surface area contributed by atoms with Gasteiger partial charge in [0, 0.05) is 6.54 Å². The lowest BCUT2D eigenvalue weighted by Crippen LogP contribution is -2.24. The predicted molar refractivity (Wildman–Crippen MR) is 52.3 cm³/mol. The van der Waals surface area contributed by atoms with Gasteiger partial charge in [0.25, 0.3) is 0 Å². The highest BCUT2D eigenvalue weighted by Crippen LogP contribution is 1.85. The summed E-state index contributed by atoms with van der Waals surface area (Å²) < 4.78 is 4.94. The molecule has 0 atom stereocenters. The molecule has 0 rings (SSSR count). The molecule has 0 saturated carbocycles. The summed E-state index contributed by atoms with van der Waals surface area (Å²) in [5.74, 6) is -0.424. The van der Waals surface area contributed by atoms with E-state index in [0.29, 0.717) is 6.61 Å². The van der Waals surface area contributed by atoms with Crippen molar-refractivity contribution in [3.8, 4) is 0 Å². The molecular formula is C9H18N2O2. The lowest BCUT2D eigenvalue weighted by atomic mass is 10.3. The topological polar surface area (TPSA) is 64.3 Å². The van der Waals surface area contributed by atoms with Crippen molar-refractivity contribution < 1.29 is 9.53 Å². The van der Waals surface area contributed by atoms with Crippen LogP contribution in [0.3, 0.4) is 0 Å². The summed E-state index contributed by atoms with van der Waals surface area (Å²) in [7, 11) is 0. The quantitative estimate of drug-likeness (QED) is 0.395. The van der Waals surface area contributed by atoms with Gasteiger partial charge in [-0.05, 0) is 19.4 Å². The Labute approximate surface area is 79.1 Å². The molecular weight excluding hydrogens is 168 g/mol. The van der Waals surface area contributed by atoms with Gasteiger partial charge in [0.1, 0.15) is 6.61 Å². The molecule has 0 radical (unpaired) electrons. The lowest BCUT2D eigenvalue weighted by Gasteiger charge is -2.03. The highest BCUT2D eigenvalue weighted by molar-refractivity contribution is 5.74. The van der Waals surface area contributed by atoms with Gasteiger partial charge in [-0.3, -0.25) is 4.79 Å². The van der Waals surface area contributed by atoms with Crippen molar-refractivity contribution in [2.45, 2.75) is 12.8 Å². The number of unbranched alkanes of at least 4 members (excludes halogenated alkanes) is 1. The Kier molecular flexibility index (Phi) is 8.60. The highest BCUT2D eigenvalue weighted by Gasteiger charge is 1.92. The van der Waals surface area contributed by atoms with Crippen LogP contribution in [-0.2, 0) is 9.53 Å². The maximum atomic E-state index is 10.2. The molecule has 0 aliphatic rings. The molecule has 76 valence electrons. The Bertz CT molecular complexity index is 149. The molecule has 13 heavy (non-hydrogen) atoms. The van der Waals surface area contributed by atoms with Crippen LogP contribution in [0.2, 0.25) is 0 Å². The number of carbonyl (C=O) groups excluding carboxylic acids is 1. The van der Waals surface area contributed by atoms with Gasteiger partial charge in [0.2, 0.25) is 5.91 Å². The molecule has 1 amide bonds. The second kappa shape index (κ2) is 9.22. The van der Waals surface area contributed by atoms with Crippen molar-refractivity contribution in [1.29, 1.82) is 0 Å². The number of primary amides is 1. The van der Waals surface area contributed by atoms with Crippen molar-refractivity contribution in [3.05, 3.63) is 12.7 Å². The Morgan fingerprint density at radius 1 is 1.54 bits per heavy atom. The zero-order chi connectivity index (χ0) is 9.94. The van der Waals surface area contributed by atoms with E-state index in [1.807, 2.05) is 6.08 Å². The van der Waals surface area contributed by atoms with Crippen LogP contribution in [0.4, 0.5) is 0 Å². The Balaban J connectivity index is 2.91. The number of nitrogens with one attached hydrogen (secondary N) is 1. The molecule has 0 bridgehead atoms. The first-order valence-electron chi connectivity index (χ1n) is 4.45. The van der Waals surface area contributed by atoms with Gasteiger partial charge in [-0.2, -0.15) is 0 Å². The van der Waals surface area contributed by atoms with E-state index in [1.54, 1.807) is 0 Å². The minimum Gasteiger partial charge on any atom is -0.370 e. The summed E-state index contributed by atoms with van der Waals surface area (Å²) in [6, 6.07) is 0. The molecule has 0 fully saturated rings. The number of carbonyl (C=O) groups is 1. The summed E-state index contributed by atoms with van der Waals surface area (Å²) >= 11 is 0. The monoisotopic (exact) mass is 186 g/mol. The predicted octanol–water partition coefficient (Wildman–Crippen LogP) is 0.0441. The zero-order valence-electron chi connectivity index (χ0n) is 7.92. The number of ether oxygens (including phenoxy) is 1. The summed E-state index contributed by atoms with van der Waals surface area (Å²) in [6.07, 6.45) is 4.00. The van der Waals surface area contributed by atoms with E-state index in [1.165, 1.54) is 0 Å². The lowest BCUT2D eigenvalue weighted by molar-refractivity contribution is -0.122. The van der Waals surface area contributed by atoms with Gasteiger partial charge in [0.05, 0.1) is 6.61 Å². The zero-order valence-corrected chi connectivity index (χ0v) is 7.92. The highest BCUT2D eigenvalue weighted by atomic mass is 16.5. The number of allylic oxidation sites excluding steroid dienone is 1. The van der Waals surface area contributed by atoms with E-state index in [2.05, 4.69) is 11.9 Å². The fourth-order valence-electron chi connectivity index (χ4n) is 0.813. The molecule has 0 saturated heterocycles. The minimum absolute atomic E-state index is 0.00827. The van der Waals surface area contributed by atoms with Crippen molar-refractivity contribution in [1.82, 2.24) is 5.32 Å². The fourth-order valence-corrected chi connectivity index (χ4v) is 0.813. The molecule has 0 aromatic rings. The van der Waals surface area contributed by atoms with Gasteiger partial charge in [-0.15, -0.1) is 6.58 Å². The van der Waals surface area contributed by atoms with Gasteiger partial charge in [-0.25, -0.2) is 0 Å². The Morgan fingerprint density at radius 2 is 2.31 bits per heavy atom. The van der Waals surface area contributed by atoms with Crippen LogP contribution in [0.1, 0.15) is 12.8 Å². The third-order valence-corrected chi connectivity index (χ3v) is 1.43. The molecule has 0 unspecified atom stereocenters.